The van der Waals surface area contributed by atoms with E-state index in [1.54, 1.807) is 12.1 Å². The first-order valence-corrected chi connectivity index (χ1v) is 8.93. The molecule has 0 amide bonds. The van der Waals surface area contributed by atoms with Gasteiger partial charge in [0.1, 0.15) is 5.57 Å². The normalized spacial score (nSPS) is 12.0. The molecule has 0 atom stereocenters. The fourth-order valence-electron chi connectivity index (χ4n) is 3.10. The average molecular weight is 392 g/mol. The Labute approximate surface area is 162 Å². The van der Waals surface area contributed by atoms with Crippen molar-refractivity contribution in [3.8, 4) is 0 Å². The number of carbonyl (C=O) groups is 1. The minimum Gasteiger partial charge on any atom is -0.503 e. The molecule has 28 heavy (non-hydrogen) atoms. The summed E-state index contributed by atoms with van der Waals surface area (Å²) in [6, 6.07) is 13.0. The van der Waals surface area contributed by atoms with Crippen LogP contribution in [0.1, 0.15) is 35.1 Å². The SMILES string of the molecule is CO/C=C(/C(=O)OC)c1ccccc1CCCCc1ccccc1C(F)(F)F. The monoisotopic (exact) mass is 392 g/mol. The van der Waals surface area contributed by atoms with Crippen LogP contribution in [0.2, 0.25) is 0 Å². The van der Waals surface area contributed by atoms with Crippen molar-refractivity contribution in [3.63, 3.8) is 0 Å². The van der Waals surface area contributed by atoms with Crippen LogP contribution in [-0.2, 0) is 33.3 Å². The molecule has 2 aromatic carbocycles. The number of hydrogen-bond donors (Lipinski definition) is 0. The zero-order valence-electron chi connectivity index (χ0n) is 15.9. The van der Waals surface area contributed by atoms with E-state index in [0.717, 1.165) is 11.6 Å². The van der Waals surface area contributed by atoms with Gasteiger partial charge in [-0.2, -0.15) is 13.2 Å². The predicted octanol–water partition coefficient (Wildman–Crippen LogP) is 5.43. The van der Waals surface area contributed by atoms with Gasteiger partial charge in [0.25, 0.3) is 0 Å². The maximum Gasteiger partial charge on any atom is 0.416 e. The largest absolute Gasteiger partial charge is 0.503 e. The highest BCUT2D eigenvalue weighted by Crippen LogP contribution is 2.32. The van der Waals surface area contributed by atoms with Crippen LogP contribution >= 0.6 is 0 Å². The summed E-state index contributed by atoms with van der Waals surface area (Å²) in [5.74, 6) is -0.506. The van der Waals surface area contributed by atoms with Gasteiger partial charge in [-0.3, -0.25) is 0 Å². The van der Waals surface area contributed by atoms with E-state index in [-0.39, 0.29) is 0 Å². The number of carbonyl (C=O) groups excluding carboxylic acids is 1. The summed E-state index contributed by atoms with van der Waals surface area (Å²) >= 11 is 0. The van der Waals surface area contributed by atoms with Crippen molar-refractivity contribution in [3.05, 3.63) is 77.0 Å². The number of ether oxygens (including phenoxy) is 2. The first kappa shape index (κ1) is 21.5. The van der Waals surface area contributed by atoms with Crippen molar-refractivity contribution in [2.45, 2.75) is 31.9 Å². The van der Waals surface area contributed by atoms with E-state index < -0.39 is 17.7 Å². The first-order chi connectivity index (χ1) is 13.4. The third-order valence-corrected chi connectivity index (χ3v) is 4.41. The second kappa shape index (κ2) is 9.97. The maximum absolute atomic E-state index is 13.1. The molecule has 150 valence electrons. The van der Waals surface area contributed by atoms with Crippen LogP contribution in [0.5, 0.6) is 0 Å². The molecule has 0 fully saturated rings. The lowest BCUT2D eigenvalue weighted by molar-refractivity contribution is -0.138. The smallest absolute Gasteiger partial charge is 0.416 e. The Bertz CT molecular complexity index is 826. The van der Waals surface area contributed by atoms with Gasteiger partial charge < -0.3 is 9.47 Å². The highest BCUT2D eigenvalue weighted by molar-refractivity contribution is 6.16. The van der Waals surface area contributed by atoms with Gasteiger partial charge in [0.15, 0.2) is 0 Å². The molecule has 0 unspecified atom stereocenters. The van der Waals surface area contributed by atoms with E-state index in [0.29, 0.717) is 42.4 Å². The maximum atomic E-state index is 13.1. The number of unbranched alkanes of at least 4 members (excludes halogenated alkanes) is 1. The van der Waals surface area contributed by atoms with Gasteiger partial charge in [-0.1, -0.05) is 42.5 Å². The fourth-order valence-corrected chi connectivity index (χ4v) is 3.10. The van der Waals surface area contributed by atoms with Crippen molar-refractivity contribution < 1.29 is 27.4 Å². The van der Waals surface area contributed by atoms with Crippen LogP contribution < -0.4 is 0 Å². The summed E-state index contributed by atoms with van der Waals surface area (Å²) in [7, 11) is 2.75. The number of benzene rings is 2. The molecule has 0 saturated heterocycles. The van der Waals surface area contributed by atoms with Gasteiger partial charge in [-0.25, -0.2) is 4.79 Å². The van der Waals surface area contributed by atoms with Crippen molar-refractivity contribution in [1.82, 2.24) is 0 Å². The van der Waals surface area contributed by atoms with E-state index in [1.807, 2.05) is 18.2 Å². The number of alkyl halides is 3. The Morgan fingerprint density at radius 3 is 2.11 bits per heavy atom. The highest BCUT2D eigenvalue weighted by atomic mass is 19.4. The molecular formula is C22H23F3O3. The number of methoxy groups -OCH3 is 2. The average Bonchev–Trinajstić information content (AvgIpc) is 2.69. The number of rotatable bonds is 8. The standard InChI is InChI=1S/C22H23F3O3/c1-27-15-19(21(26)28-2)18-13-7-5-10-16(18)9-3-4-11-17-12-6-8-14-20(17)22(23,24)25/h5-8,10,12-15H,3-4,9,11H2,1-2H3/b19-15+. The summed E-state index contributed by atoms with van der Waals surface area (Å²) in [5.41, 5.74) is 1.65. The lowest BCUT2D eigenvalue weighted by Gasteiger charge is -2.13. The van der Waals surface area contributed by atoms with Crippen molar-refractivity contribution in [2.24, 2.45) is 0 Å². The van der Waals surface area contributed by atoms with Crippen LogP contribution in [-0.4, -0.2) is 20.2 Å². The Morgan fingerprint density at radius 2 is 1.50 bits per heavy atom. The Kier molecular flexibility index (Phi) is 7.67. The van der Waals surface area contributed by atoms with Gasteiger partial charge in [-0.15, -0.1) is 0 Å². The van der Waals surface area contributed by atoms with E-state index in [4.69, 9.17) is 9.47 Å². The lowest BCUT2D eigenvalue weighted by Crippen LogP contribution is -2.09. The predicted molar refractivity (Wildman–Crippen MR) is 102 cm³/mol. The highest BCUT2D eigenvalue weighted by Gasteiger charge is 2.32. The molecule has 2 aromatic rings. The zero-order chi connectivity index (χ0) is 20.6. The molecule has 2 rings (SSSR count). The van der Waals surface area contributed by atoms with Gasteiger partial charge in [0.2, 0.25) is 0 Å². The van der Waals surface area contributed by atoms with Crippen LogP contribution in [0.3, 0.4) is 0 Å². The molecule has 0 aromatic heterocycles. The summed E-state index contributed by atoms with van der Waals surface area (Å²) in [6.45, 7) is 0. The molecule has 0 N–H and O–H groups in total. The van der Waals surface area contributed by atoms with E-state index in [9.17, 15) is 18.0 Å². The number of hydrogen-bond acceptors (Lipinski definition) is 3. The van der Waals surface area contributed by atoms with Crippen molar-refractivity contribution >= 4 is 11.5 Å². The Hall–Kier alpha value is -2.76. The molecule has 0 heterocycles. The molecular weight excluding hydrogens is 369 g/mol. The van der Waals surface area contributed by atoms with Crippen LogP contribution in [0.4, 0.5) is 13.2 Å². The minimum absolute atomic E-state index is 0.304. The van der Waals surface area contributed by atoms with Gasteiger partial charge in [0, 0.05) is 0 Å². The fraction of sp³-hybridized carbons (Fsp3) is 0.318. The molecule has 0 saturated carbocycles. The summed E-state index contributed by atoms with van der Waals surface area (Å²) in [4.78, 5) is 12.0. The number of halogens is 3. The molecule has 0 spiro atoms. The third kappa shape index (κ3) is 5.62. The summed E-state index contributed by atoms with van der Waals surface area (Å²) in [5, 5.41) is 0. The quantitative estimate of drug-likeness (QED) is 0.260. The molecule has 3 nitrogen and oxygen atoms in total. The number of aryl methyl sites for hydroxylation is 2. The van der Waals surface area contributed by atoms with E-state index in [1.165, 1.54) is 32.6 Å². The van der Waals surface area contributed by atoms with Crippen LogP contribution in [0.15, 0.2) is 54.8 Å². The van der Waals surface area contributed by atoms with E-state index >= 15 is 0 Å². The van der Waals surface area contributed by atoms with Crippen molar-refractivity contribution in [1.29, 1.82) is 0 Å². The zero-order valence-corrected chi connectivity index (χ0v) is 15.9. The second-order valence-corrected chi connectivity index (χ2v) is 6.28. The first-order valence-electron chi connectivity index (χ1n) is 8.93. The van der Waals surface area contributed by atoms with Crippen LogP contribution in [0, 0.1) is 0 Å². The Morgan fingerprint density at radius 1 is 0.929 bits per heavy atom. The molecule has 0 radical (unpaired) electrons. The van der Waals surface area contributed by atoms with Gasteiger partial charge >= 0.3 is 12.1 Å². The van der Waals surface area contributed by atoms with E-state index in [2.05, 4.69) is 0 Å². The third-order valence-electron chi connectivity index (χ3n) is 4.41. The van der Waals surface area contributed by atoms with Crippen LogP contribution in [0.25, 0.3) is 5.57 Å². The molecule has 0 aliphatic rings. The summed E-state index contributed by atoms with van der Waals surface area (Å²) < 4.78 is 49.1. The molecule has 6 heteroatoms. The molecule has 0 bridgehead atoms. The summed E-state index contributed by atoms with van der Waals surface area (Å²) in [6.07, 6.45) is -0.751. The van der Waals surface area contributed by atoms with Crippen molar-refractivity contribution in [2.75, 3.05) is 14.2 Å². The molecule has 0 aliphatic heterocycles. The molecule has 0 aliphatic carbocycles. The van der Waals surface area contributed by atoms with Gasteiger partial charge in [0.05, 0.1) is 26.0 Å². The lowest BCUT2D eigenvalue weighted by atomic mass is 9.95. The minimum atomic E-state index is -4.34. The number of esters is 1. The Balaban J connectivity index is 2.07. The second-order valence-electron chi connectivity index (χ2n) is 6.28. The van der Waals surface area contributed by atoms with Gasteiger partial charge in [-0.05, 0) is 48.4 Å². The topological polar surface area (TPSA) is 35.5 Å².